The molecule has 0 saturated heterocycles. The highest BCUT2D eigenvalue weighted by molar-refractivity contribution is 7.15. The average molecular weight is 346 g/mol. The maximum atomic E-state index is 13.9. The van der Waals surface area contributed by atoms with Gasteiger partial charge in [-0.1, -0.05) is 26.0 Å². The Hall–Kier alpha value is -2.28. The number of rotatable bonds is 6. The fourth-order valence-electron chi connectivity index (χ4n) is 2.43. The summed E-state index contributed by atoms with van der Waals surface area (Å²) in [5.74, 6) is 0.446. The Morgan fingerprint density at radius 2 is 2.17 bits per heavy atom. The quantitative estimate of drug-likeness (QED) is 0.745. The van der Waals surface area contributed by atoms with E-state index in [9.17, 15) is 9.18 Å². The molecular formula is C17H19FN4OS. The van der Waals surface area contributed by atoms with Gasteiger partial charge in [-0.05, 0) is 18.1 Å². The van der Waals surface area contributed by atoms with Crippen LogP contribution in [0.4, 0.5) is 4.39 Å². The number of nitrogens with one attached hydrogen (secondary N) is 1. The third-order valence-corrected chi connectivity index (χ3v) is 4.43. The van der Waals surface area contributed by atoms with Crippen LogP contribution in [0.1, 0.15) is 26.0 Å². The number of carbonyl (C=O) groups is 1. The van der Waals surface area contributed by atoms with Gasteiger partial charge in [-0.15, -0.1) is 16.4 Å². The van der Waals surface area contributed by atoms with E-state index in [4.69, 9.17) is 0 Å². The standard InChI is InChI=1S/C17H19FN4OS/c1-11(2)9-15(23)19-8-7-12-10-24-17-20-16(21-22(12)17)13-5-3-4-6-14(13)18/h3-6,10-11H,7-9H2,1-2H3,(H,19,23). The Morgan fingerprint density at radius 1 is 1.38 bits per heavy atom. The van der Waals surface area contributed by atoms with Crippen LogP contribution in [0.3, 0.4) is 0 Å². The summed E-state index contributed by atoms with van der Waals surface area (Å²) in [6, 6.07) is 6.47. The van der Waals surface area contributed by atoms with Crippen LogP contribution in [0.25, 0.3) is 16.3 Å². The van der Waals surface area contributed by atoms with Crippen LogP contribution in [-0.4, -0.2) is 27.0 Å². The second-order valence-electron chi connectivity index (χ2n) is 6.03. The number of carbonyl (C=O) groups excluding carboxylic acids is 1. The Morgan fingerprint density at radius 3 is 2.92 bits per heavy atom. The van der Waals surface area contributed by atoms with Gasteiger partial charge in [0.15, 0.2) is 5.82 Å². The van der Waals surface area contributed by atoms with E-state index < -0.39 is 0 Å². The molecule has 2 aromatic heterocycles. The first kappa shape index (κ1) is 16.6. The van der Waals surface area contributed by atoms with E-state index in [0.717, 1.165) is 10.7 Å². The van der Waals surface area contributed by atoms with Crippen molar-refractivity contribution >= 4 is 22.2 Å². The summed E-state index contributed by atoms with van der Waals surface area (Å²) in [4.78, 5) is 16.8. The molecule has 0 spiro atoms. The van der Waals surface area contributed by atoms with Crippen molar-refractivity contribution in [1.29, 1.82) is 0 Å². The first-order valence-corrected chi connectivity index (χ1v) is 8.77. The van der Waals surface area contributed by atoms with Gasteiger partial charge < -0.3 is 5.32 Å². The first-order chi connectivity index (χ1) is 11.5. The SMILES string of the molecule is CC(C)CC(=O)NCCc1csc2nc(-c3ccccc3F)nn12. The zero-order valence-electron chi connectivity index (χ0n) is 13.6. The maximum Gasteiger partial charge on any atom is 0.220 e. The summed E-state index contributed by atoms with van der Waals surface area (Å²) in [5, 5.41) is 9.29. The van der Waals surface area contributed by atoms with Crippen LogP contribution in [-0.2, 0) is 11.2 Å². The van der Waals surface area contributed by atoms with E-state index in [1.54, 1.807) is 22.7 Å². The predicted molar refractivity (Wildman–Crippen MR) is 92.4 cm³/mol. The molecule has 0 atom stereocenters. The van der Waals surface area contributed by atoms with E-state index in [1.165, 1.54) is 17.4 Å². The van der Waals surface area contributed by atoms with Crippen molar-refractivity contribution in [3.05, 3.63) is 41.2 Å². The van der Waals surface area contributed by atoms with Crippen molar-refractivity contribution in [2.24, 2.45) is 5.92 Å². The lowest BCUT2D eigenvalue weighted by molar-refractivity contribution is -0.121. The van der Waals surface area contributed by atoms with Gasteiger partial charge in [0.05, 0.1) is 11.3 Å². The number of nitrogens with zero attached hydrogens (tertiary/aromatic N) is 3. The van der Waals surface area contributed by atoms with Gasteiger partial charge >= 0.3 is 0 Å². The normalized spacial score (nSPS) is 11.3. The van der Waals surface area contributed by atoms with Crippen LogP contribution in [0.5, 0.6) is 0 Å². The summed E-state index contributed by atoms with van der Waals surface area (Å²) in [6.45, 7) is 4.58. The van der Waals surface area contributed by atoms with Crippen LogP contribution >= 0.6 is 11.3 Å². The molecule has 0 aliphatic heterocycles. The van der Waals surface area contributed by atoms with Crippen LogP contribution in [0, 0.1) is 11.7 Å². The Bertz CT molecular complexity index is 855. The maximum absolute atomic E-state index is 13.9. The van der Waals surface area contributed by atoms with Gasteiger partial charge in [0.2, 0.25) is 10.9 Å². The number of benzene rings is 1. The Balaban J connectivity index is 1.72. The minimum absolute atomic E-state index is 0.0575. The number of hydrogen-bond donors (Lipinski definition) is 1. The summed E-state index contributed by atoms with van der Waals surface area (Å²) < 4.78 is 15.6. The van der Waals surface area contributed by atoms with Crippen molar-refractivity contribution in [2.75, 3.05) is 6.54 Å². The topological polar surface area (TPSA) is 59.3 Å². The number of fused-ring (bicyclic) bond motifs is 1. The van der Waals surface area contributed by atoms with Crippen molar-refractivity contribution in [2.45, 2.75) is 26.7 Å². The van der Waals surface area contributed by atoms with E-state index in [2.05, 4.69) is 15.4 Å². The Kier molecular flexibility index (Phi) is 4.89. The molecule has 0 radical (unpaired) electrons. The van der Waals surface area contributed by atoms with Gasteiger partial charge in [0.1, 0.15) is 5.82 Å². The molecule has 3 rings (SSSR count). The van der Waals surface area contributed by atoms with Crippen LogP contribution in [0.2, 0.25) is 0 Å². The Labute approximate surface area is 143 Å². The molecule has 3 aromatic rings. The van der Waals surface area contributed by atoms with Gasteiger partial charge in [-0.25, -0.2) is 8.91 Å². The molecule has 0 saturated carbocycles. The molecule has 5 nitrogen and oxygen atoms in total. The van der Waals surface area contributed by atoms with E-state index in [-0.39, 0.29) is 11.7 Å². The smallest absolute Gasteiger partial charge is 0.220 e. The second-order valence-corrected chi connectivity index (χ2v) is 6.87. The zero-order valence-corrected chi connectivity index (χ0v) is 14.4. The lowest BCUT2D eigenvalue weighted by Gasteiger charge is -2.06. The minimum atomic E-state index is -0.335. The highest BCUT2D eigenvalue weighted by atomic mass is 32.1. The molecule has 24 heavy (non-hydrogen) atoms. The summed E-state index contributed by atoms with van der Waals surface area (Å²) in [7, 11) is 0. The summed E-state index contributed by atoms with van der Waals surface area (Å²) in [5.41, 5.74) is 1.35. The molecule has 0 fully saturated rings. The zero-order chi connectivity index (χ0) is 17.1. The van der Waals surface area contributed by atoms with Crippen LogP contribution < -0.4 is 5.32 Å². The molecule has 1 aromatic carbocycles. The fourth-order valence-corrected chi connectivity index (χ4v) is 3.28. The lowest BCUT2D eigenvalue weighted by Crippen LogP contribution is -2.26. The molecule has 126 valence electrons. The van der Waals surface area contributed by atoms with Crippen molar-refractivity contribution in [3.63, 3.8) is 0 Å². The highest BCUT2D eigenvalue weighted by Crippen LogP contribution is 2.23. The van der Waals surface area contributed by atoms with E-state index in [1.807, 2.05) is 19.2 Å². The average Bonchev–Trinajstić information content (AvgIpc) is 3.08. The van der Waals surface area contributed by atoms with E-state index in [0.29, 0.717) is 36.7 Å². The number of aromatic nitrogens is 3. The number of thiazole rings is 1. The van der Waals surface area contributed by atoms with Crippen molar-refractivity contribution in [3.8, 4) is 11.4 Å². The molecule has 2 heterocycles. The van der Waals surface area contributed by atoms with E-state index >= 15 is 0 Å². The first-order valence-electron chi connectivity index (χ1n) is 7.89. The van der Waals surface area contributed by atoms with Gasteiger partial charge in [-0.2, -0.15) is 4.98 Å². The molecule has 0 aliphatic rings. The molecule has 1 N–H and O–H groups in total. The van der Waals surface area contributed by atoms with Crippen LogP contribution in [0.15, 0.2) is 29.6 Å². The molecule has 1 amide bonds. The number of hydrogen-bond acceptors (Lipinski definition) is 4. The minimum Gasteiger partial charge on any atom is -0.356 e. The monoisotopic (exact) mass is 346 g/mol. The predicted octanol–water partition coefficient (Wildman–Crippen LogP) is 3.30. The third-order valence-electron chi connectivity index (χ3n) is 3.56. The van der Waals surface area contributed by atoms with Gasteiger partial charge in [0.25, 0.3) is 0 Å². The second kappa shape index (κ2) is 7.09. The molecule has 0 aliphatic carbocycles. The number of halogens is 1. The lowest BCUT2D eigenvalue weighted by atomic mass is 10.1. The van der Waals surface area contributed by atoms with Crippen molar-refractivity contribution < 1.29 is 9.18 Å². The summed E-state index contributed by atoms with van der Waals surface area (Å²) in [6.07, 6.45) is 1.18. The molecule has 0 unspecified atom stereocenters. The third kappa shape index (κ3) is 3.62. The van der Waals surface area contributed by atoms with Gasteiger partial charge in [-0.3, -0.25) is 4.79 Å². The molecule has 7 heteroatoms. The summed E-state index contributed by atoms with van der Waals surface area (Å²) >= 11 is 1.46. The fraction of sp³-hybridized carbons (Fsp3) is 0.353. The molecular weight excluding hydrogens is 327 g/mol. The number of amides is 1. The molecule has 0 bridgehead atoms. The largest absolute Gasteiger partial charge is 0.356 e. The highest BCUT2D eigenvalue weighted by Gasteiger charge is 2.14. The van der Waals surface area contributed by atoms with Crippen molar-refractivity contribution in [1.82, 2.24) is 19.9 Å². The van der Waals surface area contributed by atoms with Gasteiger partial charge in [0, 0.05) is 24.8 Å².